The molecule has 0 aliphatic carbocycles. The highest BCUT2D eigenvalue weighted by Crippen LogP contribution is 2.22. The van der Waals surface area contributed by atoms with Crippen LogP contribution >= 0.6 is 27.5 Å². The number of benzene rings is 2. The molecule has 0 fully saturated rings. The zero-order valence-corrected chi connectivity index (χ0v) is 17.8. The maximum atomic E-state index is 13.0. The van der Waals surface area contributed by atoms with Crippen molar-refractivity contribution in [3.63, 3.8) is 0 Å². The molecule has 0 amide bonds. The predicted molar refractivity (Wildman–Crippen MR) is 115 cm³/mol. The average Bonchev–Trinajstić information content (AvgIpc) is 2.67. The van der Waals surface area contributed by atoms with Crippen LogP contribution in [0.25, 0.3) is 10.9 Å². The van der Waals surface area contributed by atoms with Crippen LogP contribution in [0, 0.1) is 0 Å². The van der Waals surface area contributed by atoms with Gasteiger partial charge in [-0.1, -0.05) is 34.5 Å². The molecule has 3 rings (SSSR count). The maximum Gasteiger partial charge on any atom is 0.341 e. The van der Waals surface area contributed by atoms with Gasteiger partial charge < -0.3 is 9.84 Å². The minimum atomic E-state index is -1.10. The van der Waals surface area contributed by atoms with E-state index < -0.39 is 12.6 Å². The number of carboxylic acids is 1. The molecule has 1 heterocycles. The summed E-state index contributed by atoms with van der Waals surface area (Å²) >= 11 is 9.42. The Kier molecular flexibility index (Phi) is 6.66. The molecular weight excluding hydrogens is 462 g/mol. The number of carboxylic acid groups (broad SMARTS) is 1. The first-order chi connectivity index (χ1) is 13.9. The number of fused-ring (bicyclic) bond motifs is 1. The first-order valence-electron chi connectivity index (χ1n) is 8.78. The fraction of sp³-hybridized carbons (Fsp3) is 0.200. The molecule has 3 aromatic rings. The Morgan fingerprint density at radius 3 is 2.86 bits per heavy atom. The maximum absolute atomic E-state index is 13.0. The summed E-state index contributed by atoms with van der Waals surface area (Å²) in [6.45, 7) is 1.48. The normalized spacial score (nSPS) is 11.3. The van der Waals surface area contributed by atoms with Crippen LogP contribution in [0.3, 0.4) is 0 Å². The summed E-state index contributed by atoms with van der Waals surface area (Å²) in [5.41, 5.74) is 0.745. The molecule has 29 heavy (non-hydrogen) atoms. The number of carbonyl (C=O) groups is 1. The van der Waals surface area contributed by atoms with Crippen LogP contribution in [0.5, 0.6) is 5.75 Å². The number of hydrogen-bond acceptors (Lipinski definition) is 5. The summed E-state index contributed by atoms with van der Waals surface area (Å²) in [5.74, 6) is -0.283. The quantitative estimate of drug-likeness (QED) is 0.516. The topological polar surface area (TPSA) is 93.8 Å². The van der Waals surface area contributed by atoms with Gasteiger partial charge in [0.1, 0.15) is 11.6 Å². The van der Waals surface area contributed by atoms with E-state index in [4.69, 9.17) is 21.4 Å². The summed E-state index contributed by atoms with van der Waals surface area (Å²) in [7, 11) is 0. The van der Waals surface area contributed by atoms with Gasteiger partial charge in [-0.25, -0.2) is 9.78 Å². The molecule has 0 saturated heterocycles. The molecule has 1 aromatic heterocycles. The van der Waals surface area contributed by atoms with Gasteiger partial charge in [-0.2, -0.15) is 9.78 Å². The molecule has 0 bridgehead atoms. The van der Waals surface area contributed by atoms with Crippen molar-refractivity contribution in [3.8, 4) is 5.75 Å². The number of ether oxygens (including phenoxy) is 1. The molecule has 0 spiro atoms. The van der Waals surface area contributed by atoms with Crippen molar-refractivity contribution in [3.05, 3.63) is 67.6 Å². The fourth-order valence-electron chi connectivity index (χ4n) is 2.71. The van der Waals surface area contributed by atoms with Gasteiger partial charge in [0.15, 0.2) is 6.61 Å². The third-order valence-corrected chi connectivity index (χ3v) is 4.71. The molecule has 0 aliphatic rings. The Morgan fingerprint density at radius 1 is 1.34 bits per heavy atom. The number of nitrogens with zero attached hydrogens (tertiary/aromatic N) is 3. The Labute approximate surface area is 179 Å². The molecular formula is C20H17BrClN3O4. The fourth-order valence-corrected chi connectivity index (χ4v) is 3.25. The van der Waals surface area contributed by atoms with Crippen LogP contribution in [0.4, 0.5) is 0 Å². The summed E-state index contributed by atoms with van der Waals surface area (Å²) in [6.07, 6.45) is 2.76. The lowest BCUT2D eigenvalue weighted by molar-refractivity contribution is -0.139. The highest BCUT2D eigenvalue weighted by molar-refractivity contribution is 9.10. The van der Waals surface area contributed by atoms with Gasteiger partial charge in [0.2, 0.25) is 0 Å². The van der Waals surface area contributed by atoms with Gasteiger partial charge in [0.05, 0.1) is 17.1 Å². The number of hydrogen-bond donors (Lipinski definition) is 1. The molecule has 0 unspecified atom stereocenters. The highest BCUT2D eigenvalue weighted by Gasteiger charge is 2.11. The van der Waals surface area contributed by atoms with E-state index in [2.05, 4.69) is 26.0 Å². The van der Waals surface area contributed by atoms with Crippen LogP contribution in [-0.4, -0.2) is 33.6 Å². The van der Waals surface area contributed by atoms with Gasteiger partial charge in [0.25, 0.3) is 5.56 Å². The van der Waals surface area contributed by atoms with E-state index in [1.54, 1.807) is 30.3 Å². The largest absolute Gasteiger partial charge is 0.481 e. The second kappa shape index (κ2) is 9.19. The lowest BCUT2D eigenvalue weighted by Gasteiger charge is -2.10. The van der Waals surface area contributed by atoms with Crippen LogP contribution in [-0.2, 0) is 11.2 Å². The Balaban J connectivity index is 2.09. The van der Waals surface area contributed by atoms with Crippen LogP contribution in [0.1, 0.15) is 24.7 Å². The van der Waals surface area contributed by atoms with E-state index in [9.17, 15) is 9.59 Å². The van der Waals surface area contributed by atoms with E-state index in [1.165, 1.54) is 10.9 Å². The van der Waals surface area contributed by atoms with Crippen molar-refractivity contribution < 1.29 is 14.6 Å². The second-order valence-electron chi connectivity index (χ2n) is 6.17. The summed E-state index contributed by atoms with van der Waals surface area (Å²) in [4.78, 5) is 28.4. The van der Waals surface area contributed by atoms with Crippen molar-refractivity contribution >= 4 is 50.6 Å². The number of aromatic nitrogens is 2. The SMILES string of the molecule is CCCc1nc2ccc(Br)cc2c(=O)n1N=Cc1cc(Cl)ccc1OCC(=O)O. The number of rotatable bonds is 7. The molecule has 0 saturated carbocycles. The molecule has 1 N–H and O–H groups in total. The Hall–Kier alpha value is -2.71. The van der Waals surface area contributed by atoms with Gasteiger partial charge in [0, 0.05) is 21.5 Å². The van der Waals surface area contributed by atoms with E-state index in [1.807, 2.05) is 13.0 Å². The van der Waals surface area contributed by atoms with Gasteiger partial charge in [-0.05, 0) is 42.8 Å². The minimum Gasteiger partial charge on any atom is -0.481 e. The molecule has 9 heteroatoms. The first kappa shape index (κ1) is 21.0. The van der Waals surface area contributed by atoms with Crippen LogP contribution in [0.15, 0.2) is 50.8 Å². The Bertz CT molecular complexity index is 1160. The highest BCUT2D eigenvalue weighted by atomic mass is 79.9. The second-order valence-corrected chi connectivity index (χ2v) is 7.52. The first-order valence-corrected chi connectivity index (χ1v) is 9.96. The molecule has 0 atom stereocenters. The number of halogens is 2. The minimum absolute atomic E-state index is 0.294. The van der Waals surface area contributed by atoms with Crippen molar-refractivity contribution in [1.29, 1.82) is 0 Å². The lowest BCUT2D eigenvalue weighted by atomic mass is 10.2. The Morgan fingerprint density at radius 2 is 2.14 bits per heavy atom. The number of aliphatic carboxylic acids is 1. The molecule has 7 nitrogen and oxygen atoms in total. The smallest absolute Gasteiger partial charge is 0.341 e. The van der Waals surface area contributed by atoms with Gasteiger partial charge in [-0.3, -0.25) is 4.79 Å². The van der Waals surface area contributed by atoms with Crippen molar-refractivity contribution in [1.82, 2.24) is 9.66 Å². The monoisotopic (exact) mass is 477 g/mol. The van der Waals surface area contributed by atoms with Crippen molar-refractivity contribution in [2.45, 2.75) is 19.8 Å². The van der Waals surface area contributed by atoms with E-state index >= 15 is 0 Å². The van der Waals surface area contributed by atoms with Crippen LogP contribution in [0.2, 0.25) is 5.02 Å². The third kappa shape index (κ3) is 5.02. The van der Waals surface area contributed by atoms with Crippen molar-refractivity contribution in [2.24, 2.45) is 5.10 Å². The summed E-state index contributed by atoms with van der Waals surface area (Å²) in [6, 6.07) is 10.0. The summed E-state index contributed by atoms with van der Waals surface area (Å²) in [5, 5.41) is 14.0. The van der Waals surface area contributed by atoms with Gasteiger partial charge in [-0.15, -0.1) is 0 Å². The molecule has 2 aromatic carbocycles. The lowest BCUT2D eigenvalue weighted by Crippen LogP contribution is -2.22. The standard InChI is InChI=1S/C20H17BrClN3O4/c1-2-3-18-24-16-6-4-13(21)9-15(16)20(28)25(18)23-10-12-8-14(22)5-7-17(12)29-11-19(26)27/h4-10H,2-3,11H2,1H3,(H,26,27). The van der Waals surface area contributed by atoms with E-state index in [-0.39, 0.29) is 5.56 Å². The summed E-state index contributed by atoms with van der Waals surface area (Å²) < 4.78 is 7.29. The third-order valence-electron chi connectivity index (χ3n) is 3.98. The van der Waals surface area contributed by atoms with Crippen LogP contribution < -0.4 is 10.3 Å². The molecule has 150 valence electrons. The predicted octanol–water partition coefficient (Wildman–Crippen LogP) is 4.11. The zero-order chi connectivity index (χ0) is 21.0. The number of aryl methyl sites for hydroxylation is 1. The van der Waals surface area contributed by atoms with Gasteiger partial charge >= 0.3 is 5.97 Å². The average molecular weight is 479 g/mol. The molecule has 0 aliphatic heterocycles. The van der Waals surface area contributed by atoms with Crippen molar-refractivity contribution in [2.75, 3.05) is 6.61 Å². The van der Waals surface area contributed by atoms with E-state index in [0.717, 1.165) is 10.9 Å². The van der Waals surface area contributed by atoms with E-state index in [0.29, 0.717) is 39.5 Å². The zero-order valence-electron chi connectivity index (χ0n) is 15.4. The molecule has 0 radical (unpaired) electrons.